The normalized spacial score (nSPS) is 10.6. The maximum atomic E-state index is 6.22. The first kappa shape index (κ1) is 14.3. The second kappa shape index (κ2) is 6.00. The summed E-state index contributed by atoms with van der Waals surface area (Å²) in [5.74, 6) is 0.843. The number of nitrogen functional groups attached to an aromatic ring is 2. The Morgan fingerprint density at radius 1 is 1.18 bits per heavy atom. The number of anilines is 4. The summed E-state index contributed by atoms with van der Waals surface area (Å²) in [6.45, 7) is 0.367. The van der Waals surface area contributed by atoms with E-state index in [9.17, 15) is 0 Å². The quantitative estimate of drug-likeness (QED) is 0.550. The number of nitrogens with one attached hydrogen (secondary N) is 1. The Kier molecular flexibility index (Phi) is 3.90. The van der Waals surface area contributed by atoms with E-state index in [0.717, 1.165) is 21.7 Å². The van der Waals surface area contributed by atoms with Crippen LogP contribution >= 0.6 is 11.3 Å². The first-order valence-corrected chi connectivity index (χ1v) is 7.57. The molecule has 3 aromatic rings. The molecule has 0 atom stereocenters. The molecule has 0 aliphatic carbocycles. The van der Waals surface area contributed by atoms with Gasteiger partial charge in [0.05, 0.1) is 0 Å². The third-order valence-electron chi connectivity index (χ3n) is 3.22. The summed E-state index contributed by atoms with van der Waals surface area (Å²) in [7, 11) is 0. The summed E-state index contributed by atoms with van der Waals surface area (Å²) < 4.78 is 0. The molecular weight excluding hydrogens is 296 g/mol. The van der Waals surface area contributed by atoms with Crippen molar-refractivity contribution in [1.82, 2.24) is 9.97 Å². The van der Waals surface area contributed by atoms with Crippen LogP contribution in [0, 0.1) is 0 Å². The van der Waals surface area contributed by atoms with Gasteiger partial charge < -0.3 is 22.5 Å². The fraction of sp³-hybridized carbons (Fsp3) is 0.0667. The van der Waals surface area contributed by atoms with Crippen LogP contribution < -0.4 is 22.5 Å². The van der Waals surface area contributed by atoms with Crippen LogP contribution in [0.1, 0.15) is 5.56 Å². The molecule has 3 rings (SSSR count). The summed E-state index contributed by atoms with van der Waals surface area (Å²) in [4.78, 5) is 9.11. The average molecular weight is 312 g/mol. The van der Waals surface area contributed by atoms with Gasteiger partial charge in [0, 0.05) is 34.6 Å². The summed E-state index contributed by atoms with van der Waals surface area (Å²) in [6.07, 6.45) is 1.60. The lowest BCUT2D eigenvalue weighted by Crippen LogP contribution is -2.05. The first-order valence-electron chi connectivity index (χ1n) is 6.69. The molecule has 0 radical (unpaired) electrons. The zero-order chi connectivity index (χ0) is 15.5. The van der Waals surface area contributed by atoms with Gasteiger partial charge in [0.15, 0.2) is 0 Å². The van der Waals surface area contributed by atoms with Crippen molar-refractivity contribution in [3.05, 3.63) is 47.5 Å². The third-order valence-corrected chi connectivity index (χ3v) is 4.12. The van der Waals surface area contributed by atoms with Gasteiger partial charge in [0.25, 0.3) is 0 Å². The maximum absolute atomic E-state index is 6.22. The van der Waals surface area contributed by atoms with Gasteiger partial charge in [0.2, 0.25) is 5.95 Å². The molecule has 6 nitrogen and oxygen atoms in total. The highest BCUT2D eigenvalue weighted by molar-refractivity contribution is 7.13. The van der Waals surface area contributed by atoms with E-state index in [1.807, 2.05) is 29.6 Å². The van der Waals surface area contributed by atoms with Crippen molar-refractivity contribution >= 4 is 34.5 Å². The zero-order valence-corrected chi connectivity index (χ0v) is 12.6. The molecule has 0 unspecified atom stereocenters. The van der Waals surface area contributed by atoms with Gasteiger partial charge >= 0.3 is 0 Å². The van der Waals surface area contributed by atoms with Crippen LogP contribution in [-0.4, -0.2) is 9.97 Å². The first-order chi connectivity index (χ1) is 10.7. The predicted octanol–water partition coefficient (Wildman–Crippen LogP) is 2.57. The van der Waals surface area contributed by atoms with E-state index in [4.69, 9.17) is 17.2 Å². The van der Waals surface area contributed by atoms with E-state index in [1.165, 1.54) is 0 Å². The molecule has 22 heavy (non-hydrogen) atoms. The minimum absolute atomic E-state index is 0.220. The highest BCUT2D eigenvalue weighted by Crippen LogP contribution is 2.35. The topological polar surface area (TPSA) is 116 Å². The maximum Gasteiger partial charge on any atom is 0.221 e. The number of rotatable bonds is 4. The van der Waals surface area contributed by atoms with Crippen LogP contribution in [0.2, 0.25) is 0 Å². The van der Waals surface area contributed by atoms with Gasteiger partial charge in [-0.05, 0) is 35.2 Å². The van der Waals surface area contributed by atoms with E-state index in [0.29, 0.717) is 18.1 Å². The van der Waals surface area contributed by atoms with E-state index in [-0.39, 0.29) is 5.95 Å². The molecule has 112 valence electrons. The van der Waals surface area contributed by atoms with Gasteiger partial charge in [0.1, 0.15) is 5.82 Å². The molecule has 0 aliphatic rings. The molecular formula is C15H16N6S. The number of aromatic nitrogens is 2. The van der Waals surface area contributed by atoms with Crippen molar-refractivity contribution in [3.8, 4) is 10.4 Å². The largest absolute Gasteiger partial charge is 0.398 e. The average Bonchev–Trinajstić information content (AvgIpc) is 3.03. The second-order valence-electron chi connectivity index (χ2n) is 4.70. The molecule has 2 aromatic heterocycles. The molecule has 0 spiro atoms. The van der Waals surface area contributed by atoms with Crippen LogP contribution in [0.15, 0.2) is 41.9 Å². The molecule has 0 bridgehead atoms. The Morgan fingerprint density at radius 2 is 2.05 bits per heavy atom. The molecule has 0 saturated heterocycles. The molecule has 7 N–H and O–H groups in total. The van der Waals surface area contributed by atoms with Gasteiger partial charge in [-0.15, -0.1) is 11.3 Å². The van der Waals surface area contributed by atoms with Crippen LogP contribution in [0.4, 0.5) is 23.1 Å². The highest BCUT2D eigenvalue weighted by Gasteiger charge is 2.11. The Hall–Kier alpha value is -2.64. The van der Waals surface area contributed by atoms with Gasteiger partial charge in [-0.25, -0.2) is 4.98 Å². The Balaban J connectivity index is 2.03. The Labute approximate surface area is 132 Å². The lowest BCUT2D eigenvalue weighted by atomic mass is 10.0. The van der Waals surface area contributed by atoms with Crippen molar-refractivity contribution in [3.63, 3.8) is 0 Å². The van der Waals surface area contributed by atoms with E-state index < -0.39 is 0 Å². The number of benzene rings is 1. The SMILES string of the molecule is NCc1cc(Nc2ccnc(N)n2)cc(-c2cccs2)c1N. The minimum atomic E-state index is 0.220. The van der Waals surface area contributed by atoms with Crippen molar-refractivity contribution < 1.29 is 0 Å². The fourth-order valence-corrected chi connectivity index (χ4v) is 2.94. The van der Waals surface area contributed by atoms with Crippen molar-refractivity contribution in [1.29, 1.82) is 0 Å². The second-order valence-corrected chi connectivity index (χ2v) is 5.65. The minimum Gasteiger partial charge on any atom is -0.398 e. The molecule has 0 aliphatic heterocycles. The Bertz CT molecular complexity index is 785. The third kappa shape index (κ3) is 2.85. The highest BCUT2D eigenvalue weighted by atomic mass is 32.1. The number of thiophene rings is 1. The van der Waals surface area contributed by atoms with Gasteiger partial charge in [-0.2, -0.15) is 4.98 Å². The van der Waals surface area contributed by atoms with Crippen LogP contribution in [0.25, 0.3) is 10.4 Å². The van der Waals surface area contributed by atoms with Crippen molar-refractivity contribution in [2.45, 2.75) is 6.54 Å². The zero-order valence-electron chi connectivity index (χ0n) is 11.8. The molecule has 7 heteroatoms. The van der Waals surface area contributed by atoms with E-state index >= 15 is 0 Å². The van der Waals surface area contributed by atoms with Crippen molar-refractivity contribution in [2.75, 3.05) is 16.8 Å². The number of hydrogen-bond donors (Lipinski definition) is 4. The summed E-state index contributed by atoms with van der Waals surface area (Å²) >= 11 is 1.63. The summed E-state index contributed by atoms with van der Waals surface area (Å²) in [5.41, 5.74) is 21.0. The van der Waals surface area contributed by atoms with Crippen LogP contribution in [-0.2, 0) is 6.54 Å². The molecule has 0 fully saturated rings. The molecule has 1 aromatic carbocycles. The van der Waals surface area contributed by atoms with Crippen LogP contribution in [0.3, 0.4) is 0 Å². The Morgan fingerprint density at radius 3 is 2.73 bits per heavy atom. The number of nitrogens with zero attached hydrogens (tertiary/aromatic N) is 2. The number of nitrogens with two attached hydrogens (primary N) is 3. The number of hydrogen-bond acceptors (Lipinski definition) is 7. The summed E-state index contributed by atoms with van der Waals surface area (Å²) in [5, 5.41) is 5.23. The monoisotopic (exact) mass is 312 g/mol. The van der Waals surface area contributed by atoms with Gasteiger partial charge in [-0.1, -0.05) is 6.07 Å². The smallest absolute Gasteiger partial charge is 0.221 e. The molecule has 0 amide bonds. The fourth-order valence-electron chi connectivity index (χ4n) is 2.18. The summed E-state index contributed by atoms with van der Waals surface area (Å²) in [6, 6.07) is 9.68. The van der Waals surface area contributed by atoms with E-state index in [2.05, 4.69) is 15.3 Å². The molecule has 0 saturated carbocycles. The molecule has 2 heterocycles. The lowest BCUT2D eigenvalue weighted by Gasteiger charge is -2.13. The van der Waals surface area contributed by atoms with Gasteiger partial charge in [-0.3, -0.25) is 0 Å². The standard InChI is InChI=1S/C15H16N6S/c16-8-9-6-10(20-13-3-4-19-15(18)21-13)7-11(14(9)17)12-2-1-5-22-12/h1-7H,8,16-17H2,(H3,18,19,20,21). The van der Waals surface area contributed by atoms with Crippen molar-refractivity contribution in [2.24, 2.45) is 5.73 Å². The predicted molar refractivity (Wildman–Crippen MR) is 91.8 cm³/mol. The lowest BCUT2D eigenvalue weighted by molar-refractivity contribution is 1.08. The van der Waals surface area contributed by atoms with E-state index in [1.54, 1.807) is 23.6 Å². The van der Waals surface area contributed by atoms with Crippen LogP contribution in [0.5, 0.6) is 0 Å².